The SMILES string of the molecule is CCCCCCCCCCCCCCCCCC[N+](C)(C)CCC[Si](OCCN(CCO)CCS(=O)(=O)[O-])(OCCN(CCO)CCS(=O)(=O)[O-])OCCN(CCO)CCS(=O)(=O)O. The molecule has 0 radical (unpaired) electrons. The molecule has 0 fully saturated rings. The van der Waals surface area contributed by atoms with Crippen LogP contribution in [0.25, 0.3) is 0 Å². The smallest absolute Gasteiger partial charge is 0.501 e. The highest BCUT2D eigenvalue weighted by Crippen LogP contribution is 2.21. The fraction of sp³-hybridized carbons (Fsp3) is 1.00. The summed E-state index contributed by atoms with van der Waals surface area (Å²) in [6.45, 7) is 3.19. The molecule has 0 aromatic carbocycles. The summed E-state index contributed by atoms with van der Waals surface area (Å²) in [5.41, 5.74) is 0. The van der Waals surface area contributed by atoms with E-state index in [-0.39, 0.29) is 98.5 Å². The minimum atomic E-state index is -4.53. The van der Waals surface area contributed by atoms with Crippen LogP contribution in [0.3, 0.4) is 0 Å². The summed E-state index contributed by atoms with van der Waals surface area (Å²) in [6, 6.07) is 0.322. The fourth-order valence-corrected chi connectivity index (χ4v) is 11.3. The van der Waals surface area contributed by atoms with Crippen LogP contribution in [0.5, 0.6) is 0 Å². The van der Waals surface area contributed by atoms with Crippen molar-refractivity contribution in [3.05, 3.63) is 0 Å². The Morgan fingerprint density at radius 1 is 0.469 bits per heavy atom. The molecule has 0 unspecified atom stereocenters. The standard InChI is InChI=1S/C41H90N4O15S3Si/c1-4-5-6-7-8-9-10-11-12-13-14-15-16-17-18-19-30-45(2,3)31-20-41-64(58-35-24-42(21-32-46)27-38-61(49,50)51,59-36-25-43(22-33-47)28-39-62(52,53)54)60-37-26-44(23-34-48)29-40-63(55,56)57/h46-48H,4-41H2,1-3H3,(H2-,49,50,51,52,53,54,55,56,57)/p-1. The predicted octanol–water partition coefficient (Wildman–Crippen LogP) is 2.56. The van der Waals surface area contributed by atoms with Crippen molar-refractivity contribution in [3.63, 3.8) is 0 Å². The van der Waals surface area contributed by atoms with E-state index in [2.05, 4.69) is 21.0 Å². The van der Waals surface area contributed by atoms with Gasteiger partial charge in [0.05, 0.1) is 104 Å². The summed E-state index contributed by atoms with van der Waals surface area (Å²) in [5, 5.41) is 28.8. The number of hydrogen-bond donors (Lipinski definition) is 4. The van der Waals surface area contributed by atoms with Gasteiger partial charge in [-0.3, -0.25) is 19.3 Å². The van der Waals surface area contributed by atoms with Gasteiger partial charge in [0.25, 0.3) is 10.1 Å². The molecule has 23 heteroatoms. The lowest BCUT2D eigenvalue weighted by atomic mass is 10.0. The van der Waals surface area contributed by atoms with E-state index in [1.54, 1.807) is 14.7 Å². The van der Waals surface area contributed by atoms with Gasteiger partial charge < -0.3 is 42.2 Å². The van der Waals surface area contributed by atoms with Gasteiger partial charge >= 0.3 is 8.80 Å². The summed E-state index contributed by atoms with van der Waals surface area (Å²) in [4.78, 5) is 4.73. The van der Waals surface area contributed by atoms with Crippen LogP contribution in [0.1, 0.15) is 116 Å². The van der Waals surface area contributed by atoms with E-state index in [4.69, 9.17) is 13.3 Å². The zero-order valence-electron chi connectivity index (χ0n) is 39.7. The van der Waals surface area contributed by atoms with Crippen LogP contribution in [0.4, 0.5) is 0 Å². The van der Waals surface area contributed by atoms with Gasteiger partial charge in [-0.1, -0.05) is 96.8 Å². The molecule has 0 heterocycles. The van der Waals surface area contributed by atoms with Crippen LogP contribution in [0.15, 0.2) is 0 Å². The zero-order valence-corrected chi connectivity index (χ0v) is 43.1. The van der Waals surface area contributed by atoms with Crippen molar-refractivity contribution in [2.45, 2.75) is 122 Å². The van der Waals surface area contributed by atoms with Crippen LogP contribution in [-0.4, -0.2) is 225 Å². The molecule has 0 aromatic rings. The van der Waals surface area contributed by atoms with Crippen LogP contribution in [0.2, 0.25) is 6.04 Å². The Labute approximate surface area is 389 Å². The first-order valence-electron chi connectivity index (χ1n) is 23.7. The number of aliphatic hydroxyl groups excluding tert-OH is 3. The van der Waals surface area contributed by atoms with Crippen LogP contribution >= 0.6 is 0 Å². The molecule has 0 atom stereocenters. The number of aliphatic hydroxyl groups is 3. The third-order valence-corrected chi connectivity index (χ3v) is 16.2. The fourth-order valence-electron chi connectivity index (χ4n) is 7.41. The summed E-state index contributed by atoms with van der Waals surface area (Å²) in [5.74, 6) is -1.90. The molecule has 0 aliphatic carbocycles. The van der Waals surface area contributed by atoms with Gasteiger partial charge in [0, 0.05) is 71.4 Å². The van der Waals surface area contributed by atoms with Gasteiger partial charge in [-0.2, -0.15) is 8.42 Å². The molecule has 0 saturated carbocycles. The van der Waals surface area contributed by atoms with Gasteiger partial charge in [-0.25, -0.2) is 16.8 Å². The van der Waals surface area contributed by atoms with Crippen LogP contribution < -0.4 is 0 Å². The van der Waals surface area contributed by atoms with Crippen molar-refractivity contribution >= 4 is 39.2 Å². The summed E-state index contributed by atoms with van der Waals surface area (Å²) < 4.78 is 121. The molecular weight excluding hydrogens is 913 g/mol. The van der Waals surface area contributed by atoms with Gasteiger partial charge in [-0.15, -0.1) is 0 Å². The van der Waals surface area contributed by atoms with Crippen molar-refractivity contribution in [1.82, 2.24) is 14.7 Å². The largest absolute Gasteiger partial charge is 0.748 e. The van der Waals surface area contributed by atoms with Crippen molar-refractivity contribution in [2.75, 3.05) is 143 Å². The lowest BCUT2D eigenvalue weighted by molar-refractivity contribution is -0.890. The van der Waals surface area contributed by atoms with Gasteiger partial charge in [0.15, 0.2) is 0 Å². The number of unbranched alkanes of at least 4 members (excludes halogenated alkanes) is 15. The second-order valence-electron chi connectivity index (χ2n) is 17.5. The molecule has 0 bridgehead atoms. The monoisotopic (exact) mass is 1000 g/mol. The highest BCUT2D eigenvalue weighted by molar-refractivity contribution is 7.86. The van der Waals surface area contributed by atoms with E-state index < -0.39 is 56.4 Å². The molecule has 4 N–H and O–H groups in total. The molecule has 0 spiro atoms. The molecular formula is C41H89N4O15S3Si-. The Balaban J connectivity index is 5.74. The Morgan fingerprint density at radius 3 is 1.09 bits per heavy atom. The van der Waals surface area contributed by atoms with E-state index in [1.165, 1.54) is 89.9 Å². The third-order valence-electron chi connectivity index (χ3n) is 11.3. The number of rotatable bonds is 48. The van der Waals surface area contributed by atoms with Crippen molar-refractivity contribution < 1.29 is 72.0 Å². The Bertz CT molecular complexity index is 1330. The minimum Gasteiger partial charge on any atom is -0.748 e. The number of nitrogens with zero attached hydrogens (tertiary/aromatic N) is 4. The van der Waals surface area contributed by atoms with E-state index in [0.29, 0.717) is 12.5 Å². The maximum Gasteiger partial charge on any atom is 0.501 e. The van der Waals surface area contributed by atoms with Gasteiger partial charge in [0.1, 0.15) is 0 Å². The molecule has 0 saturated heterocycles. The highest BCUT2D eigenvalue weighted by Gasteiger charge is 2.42. The minimum absolute atomic E-state index is 0.0291. The lowest BCUT2D eigenvalue weighted by Crippen LogP contribution is -2.51. The van der Waals surface area contributed by atoms with Crippen LogP contribution in [0, 0.1) is 0 Å². The van der Waals surface area contributed by atoms with E-state index in [0.717, 1.165) is 30.4 Å². The van der Waals surface area contributed by atoms with Crippen molar-refractivity contribution in [2.24, 2.45) is 0 Å². The molecule has 0 aromatic heterocycles. The second-order valence-corrected chi connectivity index (χ2v) is 24.9. The van der Waals surface area contributed by atoms with Gasteiger partial charge in [0.2, 0.25) is 0 Å². The normalized spacial score (nSPS) is 13.3. The second kappa shape index (κ2) is 37.4. The van der Waals surface area contributed by atoms with Crippen molar-refractivity contribution in [1.29, 1.82) is 0 Å². The summed E-state index contributed by atoms with van der Waals surface area (Å²) in [7, 11) is -12.7. The van der Waals surface area contributed by atoms with Gasteiger partial charge in [-0.05, 0) is 12.8 Å². The molecule has 0 amide bonds. The molecule has 386 valence electrons. The zero-order chi connectivity index (χ0) is 48.2. The Kier molecular flexibility index (Phi) is 37.2. The highest BCUT2D eigenvalue weighted by atomic mass is 32.2. The maximum absolute atomic E-state index is 11.5. The first-order chi connectivity index (χ1) is 30.2. The topological polar surface area (TPSA) is 267 Å². The van der Waals surface area contributed by atoms with E-state index in [1.807, 2.05) is 0 Å². The average molecular weight is 1000 g/mol. The first kappa shape index (κ1) is 63.5. The van der Waals surface area contributed by atoms with Crippen LogP contribution in [-0.2, 0) is 43.6 Å². The molecule has 0 rings (SSSR count). The number of quaternary nitrogens is 1. The van der Waals surface area contributed by atoms with Crippen molar-refractivity contribution in [3.8, 4) is 0 Å². The van der Waals surface area contributed by atoms with E-state index in [9.17, 15) is 54.2 Å². The Hall–Kier alpha value is -0.453. The average Bonchev–Trinajstić information content (AvgIpc) is 3.20. The predicted molar refractivity (Wildman–Crippen MR) is 251 cm³/mol. The van der Waals surface area contributed by atoms with E-state index >= 15 is 0 Å². The molecule has 19 nitrogen and oxygen atoms in total. The third kappa shape index (κ3) is 40.6. The molecule has 0 aliphatic rings. The lowest BCUT2D eigenvalue weighted by Gasteiger charge is -2.35. The molecule has 64 heavy (non-hydrogen) atoms. The summed E-state index contributed by atoms with van der Waals surface area (Å²) >= 11 is 0. The summed E-state index contributed by atoms with van der Waals surface area (Å²) in [6.07, 6.45) is 21.3. The Morgan fingerprint density at radius 2 is 0.781 bits per heavy atom. The quantitative estimate of drug-likeness (QED) is 0.0295. The molecule has 0 aliphatic heterocycles. The number of hydrogen-bond acceptors (Lipinski definition) is 17. The maximum atomic E-state index is 11.5. The first-order valence-corrected chi connectivity index (χ1v) is 30.4.